The normalized spacial score (nSPS) is 12.6. The Kier molecular flexibility index (Phi) is 4.44. The average molecular weight is 267 g/mol. The van der Waals surface area contributed by atoms with Gasteiger partial charge in [-0.25, -0.2) is 8.78 Å². The summed E-state index contributed by atoms with van der Waals surface area (Å²) in [4.78, 5) is 0. The molecule has 0 aliphatic carbocycles. The molecule has 1 aromatic carbocycles. The molecule has 0 aliphatic heterocycles. The van der Waals surface area contributed by atoms with Gasteiger partial charge in [-0.05, 0) is 47.5 Å². The predicted molar refractivity (Wildman–Crippen MR) is 70.8 cm³/mol. The van der Waals surface area contributed by atoms with Crippen molar-refractivity contribution in [1.29, 1.82) is 0 Å². The van der Waals surface area contributed by atoms with Crippen molar-refractivity contribution in [2.75, 3.05) is 6.54 Å². The van der Waals surface area contributed by atoms with Crippen molar-refractivity contribution in [1.82, 2.24) is 5.32 Å². The summed E-state index contributed by atoms with van der Waals surface area (Å²) in [6.45, 7) is 2.60. The zero-order chi connectivity index (χ0) is 13.0. The number of thiophene rings is 1. The van der Waals surface area contributed by atoms with Gasteiger partial charge in [-0.3, -0.25) is 0 Å². The predicted octanol–water partition coefficient (Wildman–Crippen LogP) is 3.92. The third-order valence-corrected chi connectivity index (χ3v) is 3.55. The lowest BCUT2D eigenvalue weighted by atomic mass is 9.99. The van der Waals surface area contributed by atoms with Gasteiger partial charge in [0.25, 0.3) is 0 Å². The molecule has 96 valence electrons. The van der Waals surface area contributed by atoms with Crippen LogP contribution in [0.4, 0.5) is 8.78 Å². The zero-order valence-corrected chi connectivity index (χ0v) is 10.9. The standard InChI is InChI=1S/C14H15F2NS/c1-2-17-13(8-10-6-7-18-9-10)14-11(15)4-3-5-12(14)16/h3-7,9,13,17H,2,8H2,1H3. The molecule has 0 fully saturated rings. The fraction of sp³-hybridized carbons (Fsp3) is 0.286. The summed E-state index contributed by atoms with van der Waals surface area (Å²) in [6.07, 6.45) is 0.592. The fourth-order valence-electron chi connectivity index (χ4n) is 2.01. The Morgan fingerprint density at radius 1 is 1.22 bits per heavy atom. The van der Waals surface area contributed by atoms with Crippen LogP contribution in [0.3, 0.4) is 0 Å². The van der Waals surface area contributed by atoms with Crippen molar-refractivity contribution >= 4 is 11.3 Å². The van der Waals surface area contributed by atoms with E-state index in [1.54, 1.807) is 11.3 Å². The Balaban J connectivity index is 2.29. The summed E-state index contributed by atoms with van der Waals surface area (Å²) in [5.74, 6) is -0.979. The van der Waals surface area contributed by atoms with E-state index in [2.05, 4.69) is 5.32 Å². The van der Waals surface area contributed by atoms with Crippen LogP contribution in [0.25, 0.3) is 0 Å². The van der Waals surface area contributed by atoms with Crippen molar-refractivity contribution in [2.45, 2.75) is 19.4 Å². The van der Waals surface area contributed by atoms with Crippen molar-refractivity contribution in [3.05, 3.63) is 57.8 Å². The summed E-state index contributed by atoms with van der Waals surface area (Å²) in [5, 5.41) is 7.11. The maximum Gasteiger partial charge on any atom is 0.130 e. The van der Waals surface area contributed by atoms with E-state index in [0.29, 0.717) is 13.0 Å². The smallest absolute Gasteiger partial charge is 0.130 e. The molecule has 2 aromatic rings. The molecule has 0 radical (unpaired) electrons. The van der Waals surface area contributed by atoms with E-state index in [1.807, 2.05) is 23.8 Å². The van der Waals surface area contributed by atoms with Crippen LogP contribution >= 0.6 is 11.3 Å². The first-order valence-electron chi connectivity index (χ1n) is 5.90. The molecule has 0 bridgehead atoms. The number of halogens is 2. The summed E-state index contributed by atoms with van der Waals surface area (Å²) in [7, 11) is 0. The molecule has 1 aromatic heterocycles. The second-order valence-electron chi connectivity index (χ2n) is 4.08. The van der Waals surface area contributed by atoms with E-state index in [1.165, 1.54) is 18.2 Å². The molecule has 0 amide bonds. The highest BCUT2D eigenvalue weighted by Crippen LogP contribution is 2.24. The first-order chi connectivity index (χ1) is 8.72. The highest BCUT2D eigenvalue weighted by molar-refractivity contribution is 7.07. The van der Waals surface area contributed by atoms with E-state index in [9.17, 15) is 8.78 Å². The minimum atomic E-state index is -0.490. The Hall–Kier alpha value is -1.26. The van der Waals surface area contributed by atoms with Crippen LogP contribution < -0.4 is 5.32 Å². The highest BCUT2D eigenvalue weighted by Gasteiger charge is 2.19. The molecule has 1 atom stereocenters. The van der Waals surface area contributed by atoms with Gasteiger partial charge in [0.1, 0.15) is 11.6 Å². The fourth-order valence-corrected chi connectivity index (χ4v) is 2.69. The molecule has 1 heterocycles. The lowest BCUT2D eigenvalue weighted by Crippen LogP contribution is -2.24. The number of benzene rings is 1. The van der Waals surface area contributed by atoms with E-state index < -0.39 is 11.6 Å². The van der Waals surface area contributed by atoms with Crippen molar-refractivity contribution in [3.63, 3.8) is 0 Å². The minimum Gasteiger partial charge on any atom is -0.310 e. The Morgan fingerprint density at radius 2 is 1.94 bits per heavy atom. The third kappa shape index (κ3) is 2.94. The molecule has 0 saturated heterocycles. The summed E-state index contributed by atoms with van der Waals surface area (Å²) < 4.78 is 27.6. The maximum atomic E-state index is 13.8. The Bertz CT molecular complexity index is 476. The van der Waals surface area contributed by atoms with Gasteiger partial charge in [-0.2, -0.15) is 11.3 Å². The van der Waals surface area contributed by atoms with Crippen molar-refractivity contribution in [3.8, 4) is 0 Å². The van der Waals surface area contributed by atoms with Gasteiger partial charge < -0.3 is 5.32 Å². The Labute approximate surface area is 109 Å². The average Bonchev–Trinajstić information content (AvgIpc) is 2.82. The third-order valence-electron chi connectivity index (χ3n) is 2.82. The number of likely N-dealkylation sites (N-methyl/N-ethyl adjacent to an activating group) is 1. The second-order valence-corrected chi connectivity index (χ2v) is 4.86. The first-order valence-corrected chi connectivity index (χ1v) is 6.85. The number of hydrogen-bond donors (Lipinski definition) is 1. The zero-order valence-electron chi connectivity index (χ0n) is 10.1. The van der Waals surface area contributed by atoms with Crippen LogP contribution in [0.5, 0.6) is 0 Å². The van der Waals surface area contributed by atoms with Crippen LogP contribution in [0.1, 0.15) is 24.1 Å². The van der Waals surface area contributed by atoms with Gasteiger partial charge in [0.15, 0.2) is 0 Å². The second kappa shape index (κ2) is 6.07. The van der Waals surface area contributed by atoms with E-state index in [0.717, 1.165) is 5.56 Å². The van der Waals surface area contributed by atoms with Crippen molar-refractivity contribution in [2.24, 2.45) is 0 Å². The monoisotopic (exact) mass is 267 g/mol. The topological polar surface area (TPSA) is 12.0 Å². The molecule has 0 aliphatic rings. The molecule has 4 heteroatoms. The van der Waals surface area contributed by atoms with Crippen LogP contribution in [0.2, 0.25) is 0 Å². The molecular weight excluding hydrogens is 252 g/mol. The maximum absolute atomic E-state index is 13.8. The molecule has 2 rings (SSSR count). The van der Waals surface area contributed by atoms with Gasteiger partial charge in [0, 0.05) is 11.6 Å². The van der Waals surface area contributed by atoms with Crippen LogP contribution in [0, 0.1) is 11.6 Å². The van der Waals surface area contributed by atoms with Crippen LogP contribution in [-0.4, -0.2) is 6.54 Å². The van der Waals surface area contributed by atoms with E-state index in [-0.39, 0.29) is 11.6 Å². The largest absolute Gasteiger partial charge is 0.310 e. The molecular formula is C14H15F2NS. The van der Waals surface area contributed by atoms with Gasteiger partial charge >= 0.3 is 0 Å². The molecule has 1 nitrogen and oxygen atoms in total. The lowest BCUT2D eigenvalue weighted by Gasteiger charge is -2.19. The summed E-state index contributed by atoms with van der Waals surface area (Å²) >= 11 is 1.59. The number of hydrogen-bond acceptors (Lipinski definition) is 2. The molecule has 1 unspecified atom stereocenters. The van der Waals surface area contributed by atoms with E-state index in [4.69, 9.17) is 0 Å². The van der Waals surface area contributed by atoms with Crippen molar-refractivity contribution < 1.29 is 8.78 Å². The van der Waals surface area contributed by atoms with Crippen LogP contribution in [-0.2, 0) is 6.42 Å². The quantitative estimate of drug-likeness (QED) is 0.865. The number of nitrogens with one attached hydrogen (secondary N) is 1. The SMILES string of the molecule is CCNC(Cc1ccsc1)c1c(F)cccc1F. The molecule has 0 saturated carbocycles. The van der Waals surface area contributed by atoms with E-state index >= 15 is 0 Å². The summed E-state index contributed by atoms with van der Waals surface area (Å²) in [5.41, 5.74) is 1.22. The molecule has 1 N–H and O–H groups in total. The van der Waals surface area contributed by atoms with Gasteiger partial charge in [0.2, 0.25) is 0 Å². The first kappa shape index (κ1) is 13.2. The summed E-state index contributed by atoms with van der Waals surface area (Å²) in [6, 6.07) is 5.65. The minimum absolute atomic E-state index is 0.130. The van der Waals surface area contributed by atoms with Gasteiger partial charge in [0.05, 0.1) is 0 Å². The van der Waals surface area contributed by atoms with Gasteiger partial charge in [-0.15, -0.1) is 0 Å². The number of rotatable bonds is 5. The van der Waals surface area contributed by atoms with Crippen LogP contribution in [0.15, 0.2) is 35.0 Å². The molecule has 0 spiro atoms. The van der Waals surface area contributed by atoms with Gasteiger partial charge in [-0.1, -0.05) is 13.0 Å². The Morgan fingerprint density at radius 3 is 2.50 bits per heavy atom. The molecule has 18 heavy (non-hydrogen) atoms. The highest BCUT2D eigenvalue weighted by atomic mass is 32.1. The lowest BCUT2D eigenvalue weighted by molar-refractivity contribution is 0.473.